The highest BCUT2D eigenvalue weighted by atomic mass is 14.3. The van der Waals surface area contributed by atoms with Gasteiger partial charge in [-0.1, -0.05) is 64.7 Å². The fourth-order valence-corrected chi connectivity index (χ4v) is 3.82. The van der Waals surface area contributed by atoms with E-state index >= 15 is 0 Å². The molecule has 0 heterocycles. The van der Waals surface area contributed by atoms with Gasteiger partial charge in [-0.2, -0.15) is 0 Å². The predicted molar refractivity (Wildman–Crippen MR) is 66.9 cm³/mol. The summed E-state index contributed by atoms with van der Waals surface area (Å²) in [6.07, 6.45) is 16.8. The van der Waals surface area contributed by atoms with E-state index in [1.54, 1.807) is 25.7 Å². The van der Waals surface area contributed by atoms with Crippen LogP contribution in [0.1, 0.15) is 77.6 Å². The van der Waals surface area contributed by atoms with Crippen molar-refractivity contribution >= 4 is 0 Å². The van der Waals surface area contributed by atoms with Gasteiger partial charge in [0.15, 0.2) is 0 Å². The summed E-state index contributed by atoms with van der Waals surface area (Å²) in [5.74, 6) is 3.24. The molecule has 0 amide bonds. The SMILES string of the molecule is CC1CCC2CCCCCCCC[C@@H]2C1. The second kappa shape index (κ2) is 5.92. The topological polar surface area (TPSA) is 0 Å². The maximum Gasteiger partial charge on any atom is -0.0383 e. The monoisotopic (exact) mass is 208 g/mol. The van der Waals surface area contributed by atoms with Crippen molar-refractivity contribution in [2.24, 2.45) is 17.8 Å². The summed E-state index contributed by atoms with van der Waals surface area (Å²) in [6.45, 7) is 2.47. The third kappa shape index (κ3) is 3.50. The maximum absolute atomic E-state index is 2.47. The van der Waals surface area contributed by atoms with Gasteiger partial charge >= 0.3 is 0 Å². The lowest BCUT2D eigenvalue weighted by Gasteiger charge is -2.35. The van der Waals surface area contributed by atoms with Gasteiger partial charge in [-0.3, -0.25) is 0 Å². The van der Waals surface area contributed by atoms with Gasteiger partial charge in [0.1, 0.15) is 0 Å². The maximum atomic E-state index is 2.47. The Morgan fingerprint density at radius 3 is 1.93 bits per heavy atom. The molecule has 2 aliphatic rings. The molecule has 3 atom stereocenters. The van der Waals surface area contributed by atoms with Crippen LogP contribution in [0.2, 0.25) is 0 Å². The number of rotatable bonds is 0. The van der Waals surface area contributed by atoms with Gasteiger partial charge in [-0.15, -0.1) is 0 Å². The lowest BCUT2D eigenvalue weighted by Crippen LogP contribution is -2.24. The molecule has 0 bridgehead atoms. The first kappa shape index (κ1) is 11.5. The van der Waals surface area contributed by atoms with Crippen molar-refractivity contribution in [2.75, 3.05) is 0 Å². The first-order valence-electron chi connectivity index (χ1n) is 7.36. The van der Waals surface area contributed by atoms with Gasteiger partial charge in [0.25, 0.3) is 0 Å². The van der Waals surface area contributed by atoms with Gasteiger partial charge < -0.3 is 0 Å². The molecule has 15 heavy (non-hydrogen) atoms. The van der Waals surface area contributed by atoms with E-state index in [0.717, 1.165) is 17.8 Å². The van der Waals surface area contributed by atoms with Crippen LogP contribution in [0, 0.1) is 17.8 Å². The first-order valence-corrected chi connectivity index (χ1v) is 7.36. The fourth-order valence-electron chi connectivity index (χ4n) is 3.82. The molecule has 88 valence electrons. The first-order chi connectivity index (χ1) is 7.36. The molecule has 2 unspecified atom stereocenters. The summed E-state index contributed by atoms with van der Waals surface area (Å²) >= 11 is 0. The number of fused-ring (bicyclic) bond motifs is 1. The molecule has 0 heteroatoms. The minimum atomic E-state index is 1.02. The van der Waals surface area contributed by atoms with Crippen LogP contribution in [0.3, 0.4) is 0 Å². The van der Waals surface area contributed by atoms with Crippen LogP contribution >= 0.6 is 0 Å². The smallest absolute Gasteiger partial charge is 0.0383 e. The lowest BCUT2D eigenvalue weighted by atomic mass is 9.70. The quantitative estimate of drug-likeness (QED) is 0.515. The molecular weight excluding hydrogens is 180 g/mol. The van der Waals surface area contributed by atoms with E-state index in [-0.39, 0.29) is 0 Å². The summed E-state index contributed by atoms with van der Waals surface area (Å²) in [6, 6.07) is 0. The molecular formula is C15H28. The Balaban J connectivity index is 1.87. The Bertz CT molecular complexity index is 173. The average Bonchev–Trinajstić information content (AvgIpc) is 2.25. The van der Waals surface area contributed by atoms with Gasteiger partial charge in [0.05, 0.1) is 0 Å². The Morgan fingerprint density at radius 1 is 0.600 bits per heavy atom. The van der Waals surface area contributed by atoms with E-state index in [1.807, 2.05) is 0 Å². The molecule has 2 fully saturated rings. The summed E-state index contributed by atoms with van der Waals surface area (Å²) in [5.41, 5.74) is 0. The van der Waals surface area contributed by atoms with Crippen LogP contribution in [0.5, 0.6) is 0 Å². The highest BCUT2D eigenvalue weighted by molar-refractivity contribution is 4.79. The van der Waals surface area contributed by atoms with E-state index in [2.05, 4.69) is 6.92 Å². The highest BCUT2D eigenvalue weighted by Crippen LogP contribution is 2.40. The second-order valence-corrected chi connectivity index (χ2v) is 6.14. The molecule has 2 rings (SSSR count). The highest BCUT2D eigenvalue weighted by Gasteiger charge is 2.27. The number of hydrogen-bond donors (Lipinski definition) is 0. The molecule has 0 nitrogen and oxygen atoms in total. The van der Waals surface area contributed by atoms with Crippen LogP contribution in [0.15, 0.2) is 0 Å². The Morgan fingerprint density at radius 2 is 1.20 bits per heavy atom. The third-order valence-electron chi connectivity index (χ3n) is 4.80. The largest absolute Gasteiger partial charge is 0.0625 e. The molecule has 0 aromatic heterocycles. The van der Waals surface area contributed by atoms with Crippen molar-refractivity contribution in [3.8, 4) is 0 Å². The molecule has 0 aromatic carbocycles. The molecule has 0 spiro atoms. The normalized spacial score (nSPS) is 39.4. The van der Waals surface area contributed by atoms with Crippen LogP contribution in [-0.2, 0) is 0 Å². The van der Waals surface area contributed by atoms with Crippen LogP contribution in [0.25, 0.3) is 0 Å². The Hall–Kier alpha value is 0. The van der Waals surface area contributed by atoms with E-state index in [4.69, 9.17) is 0 Å². The van der Waals surface area contributed by atoms with Crippen LogP contribution in [0.4, 0.5) is 0 Å². The molecule has 0 N–H and O–H groups in total. The lowest BCUT2D eigenvalue weighted by molar-refractivity contribution is 0.159. The summed E-state index contributed by atoms with van der Waals surface area (Å²) in [4.78, 5) is 0. The van der Waals surface area contributed by atoms with Crippen molar-refractivity contribution in [2.45, 2.75) is 77.6 Å². The van der Waals surface area contributed by atoms with Crippen molar-refractivity contribution < 1.29 is 0 Å². The molecule has 0 aromatic rings. The molecule has 0 radical (unpaired) electrons. The van der Waals surface area contributed by atoms with Crippen molar-refractivity contribution in [1.29, 1.82) is 0 Å². The summed E-state index contributed by atoms with van der Waals surface area (Å²) in [7, 11) is 0. The van der Waals surface area contributed by atoms with Crippen molar-refractivity contribution in [3.05, 3.63) is 0 Å². The standard InChI is InChI=1S/C15H28/c1-13-10-11-14-8-6-4-2-3-5-7-9-15(14)12-13/h13-15H,2-12H2,1H3/t13?,14?,15-/m1/s1. The second-order valence-electron chi connectivity index (χ2n) is 6.14. The van der Waals surface area contributed by atoms with E-state index in [0.29, 0.717) is 0 Å². The fraction of sp³-hybridized carbons (Fsp3) is 1.00. The minimum absolute atomic E-state index is 1.02. The zero-order valence-electron chi connectivity index (χ0n) is 10.5. The van der Waals surface area contributed by atoms with Crippen molar-refractivity contribution in [1.82, 2.24) is 0 Å². The van der Waals surface area contributed by atoms with E-state index < -0.39 is 0 Å². The van der Waals surface area contributed by atoms with E-state index in [9.17, 15) is 0 Å². The summed E-state index contributed by atoms with van der Waals surface area (Å²) in [5, 5.41) is 0. The van der Waals surface area contributed by atoms with Crippen LogP contribution < -0.4 is 0 Å². The van der Waals surface area contributed by atoms with Crippen LogP contribution in [-0.4, -0.2) is 0 Å². The number of hydrogen-bond acceptors (Lipinski definition) is 0. The van der Waals surface area contributed by atoms with Gasteiger partial charge in [-0.05, 0) is 30.6 Å². The Kier molecular flexibility index (Phi) is 4.53. The molecule has 0 aliphatic heterocycles. The minimum Gasteiger partial charge on any atom is -0.0625 e. The van der Waals surface area contributed by atoms with Gasteiger partial charge in [0, 0.05) is 0 Å². The zero-order valence-corrected chi connectivity index (χ0v) is 10.5. The van der Waals surface area contributed by atoms with Gasteiger partial charge in [-0.25, -0.2) is 0 Å². The predicted octanol–water partition coefficient (Wildman–Crippen LogP) is 5.17. The molecule has 2 saturated carbocycles. The molecule has 2 aliphatic carbocycles. The average molecular weight is 208 g/mol. The third-order valence-corrected chi connectivity index (χ3v) is 4.80. The zero-order chi connectivity index (χ0) is 10.5. The Labute approximate surface area is 95.8 Å². The van der Waals surface area contributed by atoms with Gasteiger partial charge in [0.2, 0.25) is 0 Å². The van der Waals surface area contributed by atoms with Crippen molar-refractivity contribution in [3.63, 3.8) is 0 Å². The molecule has 0 saturated heterocycles. The van der Waals surface area contributed by atoms with E-state index in [1.165, 1.54) is 44.9 Å². The summed E-state index contributed by atoms with van der Waals surface area (Å²) < 4.78 is 0.